The standard InChI is InChI=1S/C7H9N3O2/c11-7(12)5-2-1-3-10-6(5)8-4-9-10/h4-5H,1-3H2,(H,11,12)/t5-/m1/s1. The molecule has 0 aliphatic carbocycles. The van der Waals surface area contributed by atoms with Gasteiger partial charge in [-0.15, -0.1) is 0 Å². The topological polar surface area (TPSA) is 68.0 Å². The van der Waals surface area contributed by atoms with E-state index >= 15 is 0 Å². The highest BCUT2D eigenvalue weighted by Gasteiger charge is 2.27. The summed E-state index contributed by atoms with van der Waals surface area (Å²) in [5.41, 5.74) is 0. The summed E-state index contributed by atoms with van der Waals surface area (Å²) in [4.78, 5) is 14.7. The van der Waals surface area contributed by atoms with E-state index in [-0.39, 0.29) is 0 Å². The van der Waals surface area contributed by atoms with Crippen LogP contribution in [-0.4, -0.2) is 25.8 Å². The molecule has 0 bridgehead atoms. The Morgan fingerprint density at radius 2 is 2.58 bits per heavy atom. The summed E-state index contributed by atoms with van der Waals surface area (Å²) in [5.74, 6) is -0.668. The van der Waals surface area contributed by atoms with Gasteiger partial charge in [0.1, 0.15) is 18.1 Å². The van der Waals surface area contributed by atoms with Crippen molar-refractivity contribution in [3.05, 3.63) is 12.2 Å². The lowest BCUT2D eigenvalue weighted by molar-refractivity contribution is -0.139. The minimum atomic E-state index is -0.802. The van der Waals surface area contributed by atoms with E-state index in [1.807, 2.05) is 0 Å². The van der Waals surface area contributed by atoms with E-state index < -0.39 is 11.9 Å². The minimum Gasteiger partial charge on any atom is -0.481 e. The van der Waals surface area contributed by atoms with E-state index in [1.165, 1.54) is 6.33 Å². The van der Waals surface area contributed by atoms with Crippen molar-refractivity contribution >= 4 is 5.97 Å². The molecular formula is C7H9N3O2. The number of rotatable bonds is 1. The molecule has 5 heteroatoms. The number of aromatic nitrogens is 3. The Hall–Kier alpha value is -1.39. The minimum absolute atomic E-state index is 0.457. The molecule has 5 nitrogen and oxygen atoms in total. The SMILES string of the molecule is O=C(O)[C@@H]1CCCn2ncnc21. The summed E-state index contributed by atoms with van der Waals surface area (Å²) in [6.07, 6.45) is 2.96. The molecule has 0 unspecified atom stereocenters. The van der Waals surface area contributed by atoms with Crippen LogP contribution in [-0.2, 0) is 11.3 Å². The summed E-state index contributed by atoms with van der Waals surface area (Å²) >= 11 is 0. The van der Waals surface area contributed by atoms with Crippen molar-refractivity contribution in [1.82, 2.24) is 14.8 Å². The van der Waals surface area contributed by atoms with Crippen molar-refractivity contribution in [3.8, 4) is 0 Å². The summed E-state index contributed by atoms with van der Waals surface area (Å²) in [7, 11) is 0. The van der Waals surface area contributed by atoms with Crippen molar-refractivity contribution in [2.45, 2.75) is 25.3 Å². The van der Waals surface area contributed by atoms with Gasteiger partial charge in [0.05, 0.1) is 0 Å². The molecule has 0 spiro atoms. The van der Waals surface area contributed by atoms with Crippen molar-refractivity contribution in [2.75, 3.05) is 0 Å². The van der Waals surface area contributed by atoms with Crippen molar-refractivity contribution < 1.29 is 9.90 Å². The highest BCUT2D eigenvalue weighted by molar-refractivity contribution is 5.74. The van der Waals surface area contributed by atoms with E-state index in [4.69, 9.17) is 5.11 Å². The number of aliphatic carboxylic acids is 1. The summed E-state index contributed by atoms with van der Waals surface area (Å²) < 4.78 is 1.67. The molecular weight excluding hydrogens is 158 g/mol. The Bertz CT molecular complexity index is 307. The van der Waals surface area contributed by atoms with Crippen molar-refractivity contribution in [1.29, 1.82) is 0 Å². The van der Waals surface area contributed by atoms with Gasteiger partial charge in [-0.3, -0.25) is 4.79 Å². The van der Waals surface area contributed by atoms with E-state index in [0.29, 0.717) is 12.2 Å². The Balaban J connectivity index is 2.37. The van der Waals surface area contributed by atoms with Crippen molar-refractivity contribution in [3.63, 3.8) is 0 Å². The maximum absolute atomic E-state index is 10.7. The highest BCUT2D eigenvalue weighted by Crippen LogP contribution is 2.24. The second-order valence-corrected chi connectivity index (χ2v) is 2.87. The molecule has 1 aliphatic rings. The van der Waals surface area contributed by atoms with Gasteiger partial charge in [0, 0.05) is 6.54 Å². The van der Waals surface area contributed by atoms with Crippen LogP contribution in [0.2, 0.25) is 0 Å². The molecule has 0 amide bonds. The number of carbonyl (C=O) groups is 1. The van der Waals surface area contributed by atoms with Crippen LogP contribution in [0.3, 0.4) is 0 Å². The molecule has 64 valence electrons. The average Bonchev–Trinajstić information content (AvgIpc) is 2.49. The van der Waals surface area contributed by atoms with Crippen LogP contribution in [0, 0.1) is 0 Å². The lowest BCUT2D eigenvalue weighted by Gasteiger charge is -2.17. The van der Waals surface area contributed by atoms with Gasteiger partial charge in [-0.2, -0.15) is 5.10 Å². The number of carboxylic acids is 1. The normalized spacial score (nSPS) is 21.8. The van der Waals surface area contributed by atoms with Gasteiger partial charge in [0.15, 0.2) is 0 Å². The third kappa shape index (κ3) is 0.975. The number of hydrogen-bond acceptors (Lipinski definition) is 3. The molecule has 2 rings (SSSR count). The van der Waals surface area contributed by atoms with Gasteiger partial charge < -0.3 is 5.11 Å². The maximum Gasteiger partial charge on any atom is 0.314 e. The van der Waals surface area contributed by atoms with Gasteiger partial charge in [0.2, 0.25) is 0 Å². The zero-order chi connectivity index (χ0) is 8.55. The first-order chi connectivity index (χ1) is 5.79. The summed E-state index contributed by atoms with van der Waals surface area (Å²) in [6, 6.07) is 0. The molecule has 1 atom stereocenters. The zero-order valence-electron chi connectivity index (χ0n) is 6.47. The van der Waals surface area contributed by atoms with Crippen LogP contribution in [0.1, 0.15) is 24.6 Å². The predicted molar refractivity (Wildman–Crippen MR) is 39.6 cm³/mol. The van der Waals surface area contributed by atoms with Crippen LogP contribution in [0.5, 0.6) is 0 Å². The van der Waals surface area contributed by atoms with E-state index in [2.05, 4.69) is 10.1 Å². The van der Waals surface area contributed by atoms with E-state index in [9.17, 15) is 4.79 Å². The molecule has 12 heavy (non-hydrogen) atoms. The first-order valence-corrected chi connectivity index (χ1v) is 3.89. The molecule has 0 saturated carbocycles. The fourth-order valence-corrected chi connectivity index (χ4v) is 1.52. The van der Waals surface area contributed by atoms with Gasteiger partial charge in [0.25, 0.3) is 0 Å². The van der Waals surface area contributed by atoms with E-state index in [1.54, 1.807) is 4.68 Å². The summed E-state index contributed by atoms with van der Waals surface area (Å²) in [6.45, 7) is 0.791. The molecule has 0 radical (unpaired) electrons. The Kier molecular flexibility index (Phi) is 1.56. The molecule has 1 aromatic rings. The van der Waals surface area contributed by atoms with Crippen molar-refractivity contribution in [2.24, 2.45) is 0 Å². The Morgan fingerprint density at radius 1 is 1.75 bits per heavy atom. The predicted octanol–water partition coefficient (Wildman–Crippen LogP) is 0.240. The third-order valence-corrected chi connectivity index (χ3v) is 2.12. The van der Waals surface area contributed by atoms with Gasteiger partial charge in [-0.05, 0) is 12.8 Å². The Morgan fingerprint density at radius 3 is 3.33 bits per heavy atom. The fourth-order valence-electron chi connectivity index (χ4n) is 1.52. The second-order valence-electron chi connectivity index (χ2n) is 2.87. The average molecular weight is 167 g/mol. The molecule has 1 aromatic heterocycles. The van der Waals surface area contributed by atoms with Crippen LogP contribution < -0.4 is 0 Å². The largest absolute Gasteiger partial charge is 0.481 e. The maximum atomic E-state index is 10.7. The quantitative estimate of drug-likeness (QED) is 0.650. The van der Waals surface area contributed by atoms with Crippen LogP contribution >= 0.6 is 0 Å². The monoisotopic (exact) mass is 167 g/mol. The molecule has 0 saturated heterocycles. The number of hydrogen-bond donors (Lipinski definition) is 1. The third-order valence-electron chi connectivity index (χ3n) is 2.12. The van der Waals surface area contributed by atoms with E-state index in [0.717, 1.165) is 13.0 Å². The first-order valence-electron chi connectivity index (χ1n) is 3.89. The number of aryl methyl sites for hydroxylation is 1. The molecule has 2 heterocycles. The van der Waals surface area contributed by atoms with Crippen LogP contribution in [0.4, 0.5) is 0 Å². The number of fused-ring (bicyclic) bond motifs is 1. The lowest BCUT2D eigenvalue weighted by atomic mass is 10.00. The van der Waals surface area contributed by atoms with Crippen LogP contribution in [0.25, 0.3) is 0 Å². The Labute approximate surface area is 69.0 Å². The smallest absolute Gasteiger partial charge is 0.314 e. The second kappa shape index (κ2) is 2.58. The lowest BCUT2D eigenvalue weighted by Crippen LogP contribution is -2.22. The fraction of sp³-hybridized carbons (Fsp3) is 0.571. The van der Waals surface area contributed by atoms with Crippen LogP contribution in [0.15, 0.2) is 6.33 Å². The number of nitrogens with zero attached hydrogens (tertiary/aromatic N) is 3. The number of carboxylic acid groups (broad SMARTS) is 1. The summed E-state index contributed by atoms with van der Waals surface area (Å²) in [5, 5.41) is 12.8. The molecule has 1 aliphatic heterocycles. The van der Waals surface area contributed by atoms with Gasteiger partial charge in [-0.25, -0.2) is 9.67 Å². The first kappa shape index (κ1) is 7.27. The highest BCUT2D eigenvalue weighted by atomic mass is 16.4. The zero-order valence-corrected chi connectivity index (χ0v) is 6.47. The molecule has 1 N–H and O–H groups in total. The van der Waals surface area contributed by atoms with Gasteiger partial charge in [-0.1, -0.05) is 0 Å². The van der Waals surface area contributed by atoms with Gasteiger partial charge >= 0.3 is 5.97 Å². The molecule has 0 aromatic carbocycles. The molecule has 0 fully saturated rings.